The van der Waals surface area contributed by atoms with Gasteiger partial charge in [0.25, 0.3) is 0 Å². The second-order valence-corrected chi connectivity index (χ2v) is 4.98. The standard InChI is InChI=1S/C13H25NO3/c1-3-11-5-7-13(16,8-6-11)10-14-9-12(15)17-4-2/h11,14,16H,3-10H2,1-2H3. The van der Waals surface area contributed by atoms with Gasteiger partial charge in [-0.15, -0.1) is 0 Å². The van der Waals surface area contributed by atoms with Crippen molar-refractivity contribution >= 4 is 5.97 Å². The van der Waals surface area contributed by atoms with Crippen LogP contribution in [0.1, 0.15) is 46.0 Å². The van der Waals surface area contributed by atoms with E-state index >= 15 is 0 Å². The molecule has 0 spiro atoms. The maximum absolute atomic E-state index is 11.1. The van der Waals surface area contributed by atoms with E-state index in [2.05, 4.69) is 12.2 Å². The minimum atomic E-state index is -0.627. The molecule has 0 aromatic heterocycles. The Morgan fingerprint density at radius 3 is 2.59 bits per heavy atom. The summed E-state index contributed by atoms with van der Waals surface area (Å²) in [6, 6.07) is 0. The zero-order chi connectivity index (χ0) is 12.7. The molecule has 0 heterocycles. The summed E-state index contributed by atoms with van der Waals surface area (Å²) >= 11 is 0. The van der Waals surface area contributed by atoms with Gasteiger partial charge in [0.2, 0.25) is 0 Å². The van der Waals surface area contributed by atoms with E-state index in [1.54, 1.807) is 6.92 Å². The number of ether oxygens (including phenoxy) is 1. The Balaban J connectivity index is 2.20. The lowest BCUT2D eigenvalue weighted by atomic mass is 9.78. The Morgan fingerprint density at radius 1 is 1.41 bits per heavy atom. The molecule has 4 nitrogen and oxygen atoms in total. The van der Waals surface area contributed by atoms with Crippen molar-refractivity contribution in [3.8, 4) is 0 Å². The molecule has 1 rings (SSSR count). The van der Waals surface area contributed by atoms with Crippen LogP contribution in [0.2, 0.25) is 0 Å². The second-order valence-electron chi connectivity index (χ2n) is 4.98. The molecular formula is C13H25NO3. The van der Waals surface area contributed by atoms with Gasteiger partial charge in [-0.05, 0) is 38.5 Å². The minimum Gasteiger partial charge on any atom is -0.465 e. The van der Waals surface area contributed by atoms with Crippen LogP contribution in [0.4, 0.5) is 0 Å². The predicted molar refractivity (Wildman–Crippen MR) is 66.7 cm³/mol. The average molecular weight is 243 g/mol. The molecule has 0 aliphatic heterocycles. The molecular weight excluding hydrogens is 218 g/mol. The van der Waals surface area contributed by atoms with Gasteiger partial charge in [0.05, 0.1) is 18.8 Å². The smallest absolute Gasteiger partial charge is 0.319 e. The van der Waals surface area contributed by atoms with Gasteiger partial charge in [-0.25, -0.2) is 0 Å². The third-order valence-corrected chi connectivity index (χ3v) is 3.64. The van der Waals surface area contributed by atoms with Crippen molar-refractivity contribution < 1.29 is 14.6 Å². The van der Waals surface area contributed by atoms with E-state index < -0.39 is 5.60 Å². The minimum absolute atomic E-state index is 0.188. The number of aliphatic hydroxyl groups is 1. The Kier molecular flexibility index (Phi) is 5.92. The Morgan fingerprint density at radius 2 is 2.06 bits per heavy atom. The second kappa shape index (κ2) is 6.97. The molecule has 4 heteroatoms. The SMILES string of the molecule is CCOC(=O)CNCC1(O)CCC(CC)CC1. The van der Waals surface area contributed by atoms with Crippen LogP contribution in [-0.2, 0) is 9.53 Å². The van der Waals surface area contributed by atoms with E-state index in [1.165, 1.54) is 6.42 Å². The van der Waals surface area contributed by atoms with Crippen molar-refractivity contribution in [3.63, 3.8) is 0 Å². The van der Waals surface area contributed by atoms with E-state index in [9.17, 15) is 9.90 Å². The van der Waals surface area contributed by atoms with Crippen LogP contribution in [0.3, 0.4) is 0 Å². The van der Waals surface area contributed by atoms with Crippen molar-refractivity contribution in [1.29, 1.82) is 0 Å². The van der Waals surface area contributed by atoms with Crippen molar-refractivity contribution in [2.45, 2.75) is 51.6 Å². The van der Waals surface area contributed by atoms with Crippen molar-refractivity contribution in [3.05, 3.63) is 0 Å². The van der Waals surface area contributed by atoms with Gasteiger partial charge in [0, 0.05) is 6.54 Å². The molecule has 17 heavy (non-hydrogen) atoms. The molecule has 2 N–H and O–H groups in total. The first-order valence-corrected chi connectivity index (χ1v) is 6.68. The molecule has 0 radical (unpaired) electrons. The lowest BCUT2D eigenvalue weighted by Gasteiger charge is -2.35. The predicted octanol–water partition coefficient (Wildman–Crippen LogP) is 1.47. The van der Waals surface area contributed by atoms with Crippen LogP contribution >= 0.6 is 0 Å². The van der Waals surface area contributed by atoms with Crippen LogP contribution in [0.25, 0.3) is 0 Å². The maximum atomic E-state index is 11.1. The first-order valence-electron chi connectivity index (χ1n) is 6.68. The summed E-state index contributed by atoms with van der Waals surface area (Å²) in [7, 11) is 0. The van der Waals surface area contributed by atoms with Crippen molar-refractivity contribution in [1.82, 2.24) is 5.32 Å². The van der Waals surface area contributed by atoms with Gasteiger partial charge in [-0.2, -0.15) is 0 Å². The first-order chi connectivity index (χ1) is 8.09. The molecule has 0 atom stereocenters. The Hall–Kier alpha value is -0.610. The van der Waals surface area contributed by atoms with Crippen LogP contribution in [0, 0.1) is 5.92 Å². The van der Waals surface area contributed by atoms with Gasteiger partial charge < -0.3 is 15.2 Å². The van der Waals surface area contributed by atoms with Crippen LogP contribution in [0.15, 0.2) is 0 Å². The summed E-state index contributed by atoms with van der Waals surface area (Å²) in [6.45, 7) is 5.07. The van der Waals surface area contributed by atoms with E-state index in [0.717, 1.165) is 31.6 Å². The number of hydrogen-bond donors (Lipinski definition) is 2. The van der Waals surface area contributed by atoms with Gasteiger partial charge in [-0.3, -0.25) is 4.79 Å². The molecule has 0 saturated heterocycles. The normalized spacial score (nSPS) is 29.0. The first kappa shape index (κ1) is 14.5. The fraction of sp³-hybridized carbons (Fsp3) is 0.923. The molecule has 0 amide bonds. The number of hydrogen-bond acceptors (Lipinski definition) is 4. The summed E-state index contributed by atoms with van der Waals surface area (Å²) in [5.41, 5.74) is -0.627. The fourth-order valence-corrected chi connectivity index (χ4v) is 2.41. The van der Waals surface area contributed by atoms with Crippen LogP contribution in [-0.4, -0.2) is 36.4 Å². The van der Waals surface area contributed by atoms with Gasteiger partial charge in [0.1, 0.15) is 0 Å². The molecule has 1 aliphatic carbocycles. The van der Waals surface area contributed by atoms with E-state index in [1.807, 2.05) is 0 Å². The lowest BCUT2D eigenvalue weighted by molar-refractivity contribution is -0.142. The Bertz CT molecular complexity index is 235. The highest BCUT2D eigenvalue weighted by Gasteiger charge is 2.32. The van der Waals surface area contributed by atoms with Gasteiger partial charge in [0.15, 0.2) is 0 Å². The molecule has 1 aliphatic rings. The van der Waals surface area contributed by atoms with E-state index in [4.69, 9.17) is 4.74 Å². The van der Waals surface area contributed by atoms with Gasteiger partial charge >= 0.3 is 5.97 Å². The highest BCUT2D eigenvalue weighted by molar-refractivity contribution is 5.71. The summed E-state index contributed by atoms with van der Waals surface area (Å²) in [5, 5.41) is 13.3. The molecule has 1 saturated carbocycles. The molecule has 0 aromatic rings. The van der Waals surface area contributed by atoms with Crippen LogP contribution in [0.5, 0.6) is 0 Å². The summed E-state index contributed by atoms with van der Waals surface area (Å²) in [5.74, 6) is 0.513. The fourth-order valence-electron chi connectivity index (χ4n) is 2.41. The van der Waals surface area contributed by atoms with Crippen molar-refractivity contribution in [2.75, 3.05) is 19.7 Å². The van der Waals surface area contributed by atoms with Crippen LogP contribution < -0.4 is 5.32 Å². The summed E-state index contributed by atoms with van der Waals surface area (Å²) < 4.78 is 4.82. The number of rotatable bonds is 6. The van der Waals surface area contributed by atoms with E-state index in [-0.39, 0.29) is 12.5 Å². The summed E-state index contributed by atoms with van der Waals surface area (Å²) in [6.07, 6.45) is 5.05. The summed E-state index contributed by atoms with van der Waals surface area (Å²) in [4.78, 5) is 11.1. The zero-order valence-electron chi connectivity index (χ0n) is 11.0. The molecule has 0 aromatic carbocycles. The monoisotopic (exact) mass is 243 g/mol. The lowest BCUT2D eigenvalue weighted by Crippen LogP contribution is -2.45. The molecule has 100 valence electrons. The topological polar surface area (TPSA) is 58.6 Å². The number of carbonyl (C=O) groups excluding carboxylic acids is 1. The number of esters is 1. The zero-order valence-corrected chi connectivity index (χ0v) is 11.0. The molecule has 1 fully saturated rings. The molecule has 0 unspecified atom stereocenters. The highest BCUT2D eigenvalue weighted by atomic mass is 16.5. The largest absolute Gasteiger partial charge is 0.465 e. The van der Waals surface area contributed by atoms with Crippen molar-refractivity contribution in [2.24, 2.45) is 5.92 Å². The van der Waals surface area contributed by atoms with E-state index in [0.29, 0.717) is 13.2 Å². The number of nitrogens with one attached hydrogen (secondary N) is 1. The third-order valence-electron chi connectivity index (χ3n) is 3.64. The van der Waals surface area contributed by atoms with Gasteiger partial charge in [-0.1, -0.05) is 13.3 Å². The number of carbonyl (C=O) groups is 1. The highest BCUT2D eigenvalue weighted by Crippen LogP contribution is 2.33. The maximum Gasteiger partial charge on any atom is 0.319 e. The quantitative estimate of drug-likeness (QED) is 0.694. The Labute approximate surface area is 104 Å². The third kappa shape index (κ3) is 5.04. The molecule has 0 bridgehead atoms. The average Bonchev–Trinajstić information content (AvgIpc) is 2.30.